The van der Waals surface area contributed by atoms with Crippen molar-refractivity contribution < 1.29 is 4.74 Å². The number of ether oxygens (including phenoxy) is 1. The number of aromatic nitrogens is 1. The third-order valence-electron chi connectivity index (χ3n) is 4.40. The van der Waals surface area contributed by atoms with Gasteiger partial charge in [0, 0.05) is 37.9 Å². The molecule has 1 saturated carbocycles. The van der Waals surface area contributed by atoms with Gasteiger partial charge < -0.3 is 14.6 Å². The molecule has 21 heavy (non-hydrogen) atoms. The van der Waals surface area contributed by atoms with Crippen LogP contribution in [0.15, 0.2) is 36.7 Å². The fourth-order valence-electron chi connectivity index (χ4n) is 2.94. The van der Waals surface area contributed by atoms with Gasteiger partial charge in [-0.05, 0) is 48.1 Å². The maximum Gasteiger partial charge on any atom is 0.122 e. The Hall–Kier alpha value is -1.74. The Morgan fingerprint density at radius 2 is 2.14 bits per heavy atom. The van der Waals surface area contributed by atoms with Crippen molar-refractivity contribution in [1.82, 2.24) is 9.88 Å². The number of nitrogens with one attached hydrogen (secondary N) is 1. The summed E-state index contributed by atoms with van der Waals surface area (Å²) in [5.74, 6) is 1.08. The third kappa shape index (κ3) is 3.13. The molecule has 4 rings (SSSR count). The van der Waals surface area contributed by atoms with E-state index < -0.39 is 0 Å². The Balaban J connectivity index is 1.33. The second-order valence-corrected chi connectivity index (χ2v) is 6.20. The second kappa shape index (κ2) is 5.57. The maximum atomic E-state index is 5.56. The monoisotopic (exact) mass is 282 g/mol. The topological polar surface area (TPSA) is 26.2 Å². The Kier molecular flexibility index (Phi) is 3.44. The lowest BCUT2D eigenvalue weighted by atomic mass is 10.1. The van der Waals surface area contributed by atoms with Crippen molar-refractivity contribution >= 4 is 0 Å². The van der Waals surface area contributed by atoms with Crippen molar-refractivity contribution in [3.63, 3.8) is 0 Å². The van der Waals surface area contributed by atoms with Gasteiger partial charge in [0.15, 0.2) is 0 Å². The van der Waals surface area contributed by atoms with E-state index in [9.17, 15) is 0 Å². The first kappa shape index (κ1) is 13.0. The normalized spacial score (nSPS) is 16.8. The minimum atomic E-state index is 0.780. The summed E-state index contributed by atoms with van der Waals surface area (Å²) in [5, 5.41) is 3.56. The van der Waals surface area contributed by atoms with Crippen LogP contribution < -0.4 is 10.1 Å². The Morgan fingerprint density at radius 1 is 1.19 bits per heavy atom. The molecule has 2 heterocycles. The number of hydrogen-bond donors (Lipinski definition) is 1. The summed E-state index contributed by atoms with van der Waals surface area (Å²) in [7, 11) is 0. The summed E-state index contributed by atoms with van der Waals surface area (Å²) in [4.78, 5) is 0. The molecule has 3 nitrogen and oxygen atoms in total. The summed E-state index contributed by atoms with van der Waals surface area (Å²) in [5.41, 5.74) is 4.17. The second-order valence-electron chi connectivity index (χ2n) is 6.20. The van der Waals surface area contributed by atoms with Gasteiger partial charge in [0.1, 0.15) is 5.75 Å². The SMILES string of the molecule is c1cc2c(cc1CCn1ccc(CNC3CC3)c1)CCO2. The molecule has 0 saturated heterocycles. The minimum Gasteiger partial charge on any atom is -0.493 e. The number of nitrogens with zero attached hydrogens (tertiary/aromatic N) is 1. The van der Waals surface area contributed by atoms with Crippen LogP contribution in [0.2, 0.25) is 0 Å². The maximum absolute atomic E-state index is 5.56. The molecule has 0 atom stereocenters. The first-order valence-electron chi connectivity index (χ1n) is 7.99. The molecule has 1 aromatic carbocycles. The molecule has 0 amide bonds. The highest BCUT2D eigenvalue weighted by Crippen LogP contribution is 2.26. The van der Waals surface area contributed by atoms with Crippen LogP contribution in [0.4, 0.5) is 0 Å². The minimum absolute atomic E-state index is 0.780. The standard InChI is InChI=1S/C18H22N2O/c1-4-18-16(7-10-21-18)11-14(1)5-8-20-9-6-15(13-20)12-19-17-2-3-17/h1,4,6,9,11,13,17,19H,2-3,5,7-8,10,12H2. The first-order chi connectivity index (χ1) is 10.4. The van der Waals surface area contributed by atoms with Gasteiger partial charge in [0.2, 0.25) is 0 Å². The molecular formula is C18H22N2O. The zero-order valence-corrected chi connectivity index (χ0v) is 12.3. The summed E-state index contributed by atoms with van der Waals surface area (Å²) in [6, 6.07) is 9.64. The molecule has 1 aliphatic carbocycles. The van der Waals surface area contributed by atoms with Gasteiger partial charge in [-0.25, -0.2) is 0 Å². The Bertz CT molecular complexity index is 628. The van der Waals surface area contributed by atoms with Crippen LogP contribution in [0.25, 0.3) is 0 Å². The summed E-state index contributed by atoms with van der Waals surface area (Å²) in [6.07, 6.45) is 9.30. The molecule has 1 aromatic heterocycles. The van der Waals surface area contributed by atoms with Crippen molar-refractivity contribution in [3.8, 4) is 5.75 Å². The lowest BCUT2D eigenvalue weighted by molar-refractivity contribution is 0.357. The third-order valence-corrected chi connectivity index (χ3v) is 4.40. The highest BCUT2D eigenvalue weighted by molar-refractivity contribution is 5.39. The summed E-state index contributed by atoms with van der Waals surface area (Å²) < 4.78 is 7.86. The van der Waals surface area contributed by atoms with Crippen LogP contribution in [0, 0.1) is 0 Å². The zero-order chi connectivity index (χ0) is 14.1. The van der Waals surface area contributed by atoms with Crippen LogP contribution in [0.1, 0.15) is 29.5 Å². The molecule has 1 fully saturated rings. The van der Waals surface area contributed by atoms with Crippen LogP contribution in [0.3, 0.4) is 0 Å². The predicted octanol–water partition coefficient (Wildman–Crippen LogP) is 2.92. The lowest BCUT2D eigenvalue weighted by Crippen LogP contribution is -2.14. The van der Waals surface area contributed by atoms with E-state index in [4.69, 9.17) is 4.74 Å². The van der Waals surface area contributed by atoms with E-state index in [1.54, 1.807) is 0 Å². The van der Waals surface area contributed by atoms with Gasteiger partial charge >= 0.3 is 0 Å². The van der Waals surface area contributed by atoms with Gasteiger partial charge in [-0.1, -0.05) is 12.1 Å². The molecule has 110 valence electrons. The fraction of sp³-hybridized carbons (Fsp3) is 0.444. The van der Waals surface area contributed by atoms with Crippen molar-refractivity contribution in [2.24, 2.45) is 0 Å². The summed E-state index contributed by atoms with van der Waals surface area (Å²) >= 11 is 0. The van der Waals surface area contributed by atoms with E-state index in [2.05, 4.69) is 46.5 Å². The van der Waals surface area contributed by atoms with E-state index in [1.165, 1.54) is 29.5 Å². The van der Waals surface area contributed by atoms with Crippen molar-refractivity contribution in [2.75, 3.05) is 6.61 Å². The van der Waals surface area contributed by atoms with E-state index in [0.717, 1.165) is 44.3 Å². The van der Waals surface area contributed by atoms with Gasteiger partial charge in [-0.15, -0.1) is 0 Å². The molecule has 3 heteroatoms. The number of fused-ring (bicyclic) bond motifs is 1. The molecule has 1 N–H and O–H groups in total. The molecule has 1 aliphatic heterocycles. The molecule has 2 aliphatic rings. The number of hydrogen-bond acceptors (Lipinski definition) is 2. The highest BCUT2D eigenvalue weighted by Gasteiger charge is 2.20. The zero-order valence-electron chi connectivity index (χ0n) is 12.3. The van der Waals surface area contributed by atoms with E-state index >= 15 is 0 Å². The number of benzene rings is 1. The van der Waals surface area contributed by atoms with E-state index in [1.807, 2.05) is 0 Å². The quantitative estimate of drug-likeness (QED) is 0.881. The molecule has 2 aromatic rings. The predicted molar refractivity (Wildman–Crippen MR) is 83.6 cm³/mol. The van der Waals surface area contributed by atoms with Gasteiger partial charge in [-0.2, -0.15) is 0 Å². The molecular weight excluding hydrogens is 260 g/mol. The van der Waals surface area contributed by atoms with Crippen LogP contribution in [-0.4, -0.2) is 17.2 Å². The van der Waals surface area contributed by atoms with E-state index in [0.29, 0.717) is 0 Å². The van der Waals surface area contributed by atoms with Crippen LogP contribution in [-0.2, 0) is 25.9 Å². The smallest absolute Gasteiger partial charge is 0.122 e. The van der Waals surface area contributed by atoms with Gasteiger partial charge in [0.25, 0.3) is 0 Å². The van der Waals surface area contributed by atoms with Crippen molar-refractivity contribution in [2.45, 2.75) is 44.8 Å². The fourth-order valence-corrected chi connectivity index (χ4v) is 2.94. The summed E-state index contributed by atoms with van der Waals surface area (Å²) in [6.45, 7) is 2.89. The average molecular weight is 282 g/mol. The molecule has 0 bridgehead atoms. The van der Waals surface area contributed by atoms with Crippen LogP contribution in [0.5, 0.6) is 5.75 Å². The molecule has 0 spiro atoms. The molecule has 0 radical (unpaired) electrons. The Morgan fingerprint density at radius 3 is 3.05 bits per heavy atom. The van der Waals surface area contributed by atoms with Crippen molar-refractivity contribution in [1.29, 1.82) is 0 Å². The van der Waals surface area contributed by atoms with Gasteiger partial charge in [-0.3, -0.25) is 0 Å². The highest BCUT2D eigenvalue weighted by atomic mass is 16.5. The number of aryl methyl sites for hydroxylation is 2. The molecule has 0 unspecified atom stereocenters. The van der Waals surface area contributed by atoms with Crippen LogP contribution >= 0.6 is 0 Å². The van der Waals surface area contributed by atoms with Gasteiger partial charge in [0.05, 0.1) is 6.61 Å². The largest absolute Gasteiger partial charge is 0.493 e. The van der Waals surface area contributed by atoms with E-state index in [-0.39, 0.29) is 0 Å². The first-order valence-corrected chi connectivity index (χ1v) is 7.99. The lowest BCUT2D eigenvalue weighted by Gasteiger charge is -2.06. The average Bonchev–Trinajstić information content (AvgIpc) is 3.04. The number of rotatable bonds is 6. The Labute approximate surface area is 125 Å². The van der Waals surface area contributed by atoms with Crippen molar-refractivity contribution in [3.05, 3.63) is 53.3 Å².